The molecule has 7 heteroatoms. The van der Waals surface area contributed by atoms with Crippen molar-refractivity contribution < 1.29 is 14.7 Å². The lowest BCUT2D eigenvalue weighted by Crippen LogP contribution is -2.50. The molecule has 0 saturated carbocycles. The third-order valence-corrected chi connectivity index (χ3v) is 7.19. The number of hydrogen-bond donors (Lipinski definition) is 3. The number of pyridine rings is 1. The number of carbonyl (C=O) groups excluding carboxylic acids is 2. The van der Waals surface area contributed by atoms with Crippen LogP contribution in [0, 0.1) is 6.92 Å². The molecule has 2 unspecified atom stereocenters. The van der Waals surface area contributed by atoms with Gasteiger partial charge in [-0.2, -0.15) is 0 Å². The van der Waals surface area contributed by atoms with Crippen molar-refractivity contribution in [3.05, 3.63) is 89.1 Å². The van der Waals surface area contributed by atoms with Crippen molar-refractivity contribution in [3.8, 4) is 5.75 Å². The number of benzene rings is 2. The molecule has 3 aromatic rings. The molecule has 180 valence electrons. The van der Waals surface area contributed by atoms with Gasteiger partial charge in [-0.25, -0.2) is 4.98 Å². The average molecular weight is 471 g/mol. The van der Waals surface area contributed by atoms with Crippen LogP contribution in [0.2, 0.25) is 0 Å². The number of aromatic hydroxyl groups is 1. The highest BCUT2D eigenvalue weighted by molar-refractivity contribution is 5.96. The van der Waals surface area contributed by atoms with Crippen molar-refractivity contribution in [2.45, 2.75) is 57.3 Å². The molecule has 2 fully saturated rings. The molecule has 2 saturated heterocycles. The normalized spacial score (nSPS) is 20.9. The van der Waals surface area contributed by atoms with Crippen LogP contribution in [0.4, 0.5) is 5.82 Å². The molecule has 2 atom stereocenters. The van der Waals surface area contributed by atoms with Gasteiger partial charge in [0, 0.05) is 42.0 Å². The minimum Gasteiger partial charge on any atom is -0.508 e. The average Bonchev–Trinajstić information content (AvgIpc) is 3.14. The summed E-state index contributed by atoms with van der Waals surface area (Å²) in [4.78, 5) is 32.3. The second-order valence-corrected chi connectivity index (χ2v) is 9.46. The third-order valence-electron chi connectivity index (χ3n) is 7.19. The van der Waals surface area contributed by atoms with E-state index >= 15 is 0 Å². The Labute approximate surface area is 205 Å². The van der Waals surface area contributed by atoms with Gasteiger partial charge < -0.3 is 20.6 Å². The molecule has 2 amide bonds. The van der Waals surface area contributed by atoms with Crippen LogP contribution < -0.4 is 15.5 Å². The molecule has 35 heavy (non-hydrogen) atoms. The Morgan fingerprint density at radius 2 is 1.71 bits per heavy atom. The number of fused-ring (bicyclic) bond motifs is 2. The van der Waals surface area contributed by atoms with E-state index in [0.29, 0.717) is 35.3 Å². The van der Waals surface area contributed by atoms with E-state index in [1.807, 2.05) is 42.5 Å². The van der Waals surface area contributed by atoms with Crippen molar-refractivity contribution in [3.63, 3.8) is 0 Å². The minimum absolute atomic E-state index is 0.0843. The Bertz CT molecular complexity index is 1200. The van der Waals surface area contributed by atoms with Crippen molar-refractivity contribution in [1.82, 2.24) is 15.6 Å². The molecule has 3 heterocycles. The van der Waals surface area contributed by atoms with E-state index in [9.17, 15) is 14.7 Å². The number of anilines is 1. The molecule has 2 aliphatic rings. The summed E-state index contributed by atoms with van der Waals surface area (Å²) in [5.74, 6) is 0.737. The standard InChI is InChI=1S/C28H30N4O3/c1-18-24(8-5-9-25(18)33)28(35)31-21-14-22-11-12-23(15-21)32(22)26-13-10-20(17-29-26)27(34)30-16-19-6-3-2-4-7-19/h2-10,13,17,21-23,33H,11-12,14-16H2,1H3,(H,30,34)(H,31,35). The molecule has 2 aliphatic heterocycles. The van der Waals surface area contributed by atoms with Crippen LogP contribution in [-0.2, 0) is 6.54 Å². The first-order chi connectivity index (χ1) is 17.0. The van der Waals surface area contributed by atoms with E-state index in [2.05, 4.69) is 20.5 Å². The minimum atomic E-state index is -0.139. The zero-order valence-corrected chi connectivity index (χ0v) is 19.8. The molecule has 2 aromatic carbocycles. The molecule has 0 spiro atoms. The summed E-state index contributed by atoms with van der Waals surface area (Å²) in [6.07, 6.45) is 5.46. The highest BCUT2D eigenvalue weighted by Crippen LogP contribution is 2.38. The van der Waals surface area contributed by atoms with E-state index in [1.54, 1.807) is 31.3 Å². The van der Waals surface area contributed by atoms with Gasteiger partial charge in [0.05, 0.1) is 5.56 Å². The summed E-state index contributed by atoms with van der Waals surface area (Å²) in [6.45, 7) is 2.24. The summed E-state index contributed by atoms with van der Waals surface area (Å²) >= 11 is 0. The summed E-state index contributed by atoms with van der Waals surface area (Å²) in [5, 5.41) is 16.0. The Kier molecular flexibility index (Phi) is 6.40. The number of rotatable bonds is 6. The first kappa shape index (κ1) is 22.9. The van der Waals surface area contributed by atoms with Crippen LogP contribution in [0.3, 0.4) is 0 Å². The molecule has 5 rings (SSSR count). The summed E-state index contributed by atoms with van der Waals surface area (Å²) in [7, 11) is 0. The maximum Gasteiger partial charge on any atom is 0.253 e. The number of nitrogens with one attached hydrogen (secondary N) is 2. The fraction of sp³-hybridized carbons (Fsp3) is 0.321. The monoisotopic (exact) mass is 470 g/mol. The number of aromatic nitrogens is 1. The third kappa shape index (κ3) is 4.85. The topological polar surface area (TPSA) is 94.6 Å². The highest BCUT2D eigenvalue weighted by Gasteiger charge is 2.41. The number of amides is 2. The van der Waals surface area contributed by atoms with E-state index in [4.69, 9.17) is 0 Å². The molecule has 2 bridgehead atoms. The number of hydrogen-bond acceptors (Lipinski definition) is 5. The molecular formula is C28H30N4O3. The van der Waals surface area contributed by atoms with Gasteiger partial charge in [-0.3, -0.25) is 9.59 Å². The first-order valence-electron chi connectivity index (χ1n) is 12.2. The smallest absolute Gasteiger partial charge is 0.253 e. The zero-order valence-electron chi connectivity index (χ0n) is 19.8. The van der Waals surface area contributed by atoms with Gasteiger partial charge in [0.15, 0.2) is 0 Å². The van der Waals surface area contributed by atoms with Crippen molar-refractivity contribution in [1.29, 1.82) is 0 Å². The Hall–Kier alpha value is -3.87. The van der Waals surface area contributed by atoms with Gasteiger partial charge in [0.2, 0.25) is 0 Å². The summed E-state index contributed by atoms with van der Waals surface area (Å²) in [6, 6.07) is 19.3. The van der Waals surface area contributed by atoms with Gasteiger partial charge in [-0.15, -0.1) is 0 Å². The second-order valence-electron chi connectivity index (χ2n) is 9.46. The molecule has 1 aromatic heterocycles. The molecule has 3 N–H and O–H groups in total. The van der Waals surface area contributed by atoms with Crippen molar-refractivity contribution in [2.24, 2.45) is 0 Å². The lowest BCUT2D eigenvalue weighted by Gasteiger charge is -2.40. The number of nitrogens with zero attached hydrogens (tertiary/aromatic N) is 2. The number of carbonyl (C=O) groups is 2. The van der Waals surface area contributed by atoms with E-state index in [1.165, 1.54) is 0 Å². The summed E-state index contributed by atoms with van der Waals surface area (Å²) < 4.78 is 0. The van der Waals surface area contributed by atoms with Gasteiger partial charge in [0.1, 0.15) is 11.6 Å². The fourth-order valence-corrected chi connectivity index (χ4v) is 5.35. The van der Waals surface area contributed by atoms with Crippen LogP contribution in [0.5, 0.6) is 5.75 Å². The Morgan fingerprint density at radius 1 is 0.971 bits per heavy atom. The first-order valence-corrected chi connectivity index (χ1v) is 12.2. The fourth-order valence-electron chi connectivity index (χ4n) is 5.35. The lowest BCUT2D eigenvalue weighted by atomic mass is 9.96. The van der Waals surface area contributed by atoms with Crippen LogP contribution in [0.1, 0.15) is 57.5 Å². The molecule has 0 aliphatic carbocycles. The van der Waals surface area contributed by atoms with Crippen molar-refractivity contribution in [2.75, 3.05) is 4.90 Å². The summed E-state index contributed by atoms with van der Waals surface area (Å²) in [5.41, 5.74) is 2.71. The van der Waals surface area contributed by atoms with Gasteiger partial charge in [-0.1, -0.05) is 36.4 Å². The van der Waals surface area contributed by atoms with Crippen LogP contribution in [0.15, 0.2) is 66.9 Å². The number of phenols is 1. The van der Waals surface area contributed by atoms with E-state index in [-0.39, 0.29) is 23.6 Å². The number of piperidine rings is 1. The largest absolute Gasteiger partial charge is 0.508 e. The SMILES string of the molecule is Cc1c(O)cccc1C(=O)NC1CC2CCC(C1)N2c1ccc(C(=O)NCc2ccccc2)cn1. The highest BCUT2D eigenvalue weighted by atomic mass is 16.3. The molecule has 7 nitrogen and oxygen atoms in total. The van der Waals surface area contributed by atoms with Gasteiger partial charge in [-0.05, 0) is 62.4 Å². The van der Waals surface area contributed by atoms with Crippen LogP contribution in [0.25, 0.3) is 0 Å². The quantitative estimate of drug-likeness (QED) is 0.507. The van der Waals surface area contributed by atoms with Crippen LogP contribution >= 0.6 is 0 Å². The van der Waals surface area contributed by atoms with Gasteiger partial charge >= 0.3 is 0 Å². The maximum atomic E-state index is 12.8. The Morgan fingerprint density at radius 3 is 2.40 bits per heavy atom. The van der Waals surface area contributed by atoms with E-state index < -0.39 is 0 Å². The number of phenolic OH excluding ortho intramolecular Hbond substituents is 1. The lowest BCUT2D eigenvalue weighted by molar-refractivity contribution is 0.0923. The molecular weight excluding hydrogens is 440 g/mol. The Balaban J connectivity index is 1.20. The second kappa shape index (κ2) is 9.78. The maximum absolute atomic E-state index is 12.8. The van der Waals surface area contributed by atoms with Gasteiger partial charge in [0.25, 0.3) is 11.8 Å². The predicted molar refractivity (Wildman–Crippen MR) is 134 cm³/mol. The predicted octanol–water partition coefficient (Wildman–Crippen LogP) is 3.96. The van der Waals surface area contributed by atoms with Crippen LogP contribution in [-0.4, -0.2) is 40.0 Å². The zero-order chi connectivity index (χ0) is 24.4. The van der Waals surface area contributed by atoms with E-state index in [0.717, 1.165) is 37.1 Å². The molecule has 0 radical (unpaired) electrons. The van der Waals surface area contributed by atoms with Crippen molar-refractivity contribution >= 4 is 17.6 Å².